The molecular formula is C38H74O4. The topological polar surface area (TPSA) is 63.6 Å². The SMILES string of the molecule is CCCCCCCCCCCCCC(=O)OC(CC)CCCCCCCCCCCCCCCCCCCCC(=O)O. The Kier molecular flexibility index (Phi) is 33.6. The Hall–Kier alpha value is -1.06. The number of hydrogen-bond donors (Lipinski definition) is 1. The molecule has 0 aliphatic heterocycles. The lowest BCUT2D eigenvalue weighted by Gasteiger charge is -2.16. The number of aliphatic carboxylic acids is 1. The van der Waals surface area contributed by atoms with Crippen LogP contribution < -0.4 is 0 Å². The van der Waals surface area contributed by atoms with Gasteiger partial charge in [0.15, 0.2) is 0 Å². The molecule has 0 radical (unpaired) electrons. The number of rotatable bonds is 35. The monoisotopic (exact) mass is 595 g/mol. The van der Waals surface area contributed by atoms with Crippen molar-refractivity contribution in [1.29, 1.82) is 0 Å². The molecule has 1 atom stereocenters. The first-order chi connectivity index (χ1) is 20.6. The third-order valence-electron chi connectivity index (χ3n) is 8.90. The molecule has 4 heteroatoms. The molecule has 1 unspecified atom stereocenters. The van der Waals surface area contributed by atoms with E-state index < -0.39 is 5.97 Å². The number of esters is 1. The van der Waals surface area contributed by atoms with Crippen LogP contribution in [0.25, 0.3) is 0 Å². The fraction of sp³-hybridized carbons (Fsp3) is 0.947. The highest BCUT2D eigenvalue weighted by Gasteiger charge is 2.12. The maximum Gasteiger partial charge on any atom is 0.306 e. The molecule has 0 amide bonds. The van der Waals surface area contributed by atoms with Crippen molar-refractivity contribution < 1.29 is 19.4 Å². The number of unbranched alkanes of at least 4 members (excludes halogenated alkanes) is 27. The van der Waals surface area contributed by atoms with Gasteiger partial charge in [-0.1, -0.05) is 181 Å². The van der Waals surface area contributed by atoms with E-state index in [0.717, 1.165) is 32.1 Å². The van der Waals surface area contributed by atoms with Gasteiger partial charge in [-0.05, 0) is 32.1 Å². The van der Waals surface area contributed by atoms with Crippen molar-refractivity contribution in [3.8, 4) is 0 Å². The van der Waals surface area contributed by atoms with Gasteiger partial charge in [-0.3, -0.25) is 9.59 Å². The molecule has 0 aromatic carbocycles. The molecule has 0 aliphatic rings. The molecule has 42 heavy (non-hydrogen) atoms. The van der Waals surface area contributed by atoms with Crippen molar-refractivity contribution in [3.05, 3.63) is 0 Å². The minimum absolute atomic E-state index is 0.0273. The van der Waals surface area contributed by atoms with Crippen LogP contribution in [0.1, 0.15) is 226 Å². The van der Waals surface area contributed by atoms with Gasteiger partial charge < -0.3 is 9.84 Å². The minimum atomic E-state index is -0.660. The van der Waals surface area contributed by atoms with Crippen molar-refractivity contribution >= 4 is 11.9 Å². The van der Waals surface area contributed by atoms with Crippen LogP contribution in [0.2, 0.25) is 0 Å². The standard InChI is InChI=1S/C38H74O4/c1-3-5-6-7-8-9-18-23-26-29-32-35-38(41)42-36(4-2)33-30-27-24-21-19-16-14-12-10-11-13-15-17-20-22-25-28-31-34-37(39)40/h36H,3-35H2,1-2H3,(H,39,40). The molecular weight excluding hydrogens is 520 g/mol. The van der Waals surface area contributed by atoms with Crippen molar-refractivity contribution in [3.63, 3.8) is 0 Å². The molecule has 0 heterocycles. The average molecular weight is 595 g/mol. The van der Waals surface area contributed by atoms with Gasteiger partial charge in [-0.2, -0.15) is 0 Å². The maximum absolute atomic E-state index is 12.3. The van der Waals surface area contributed by atoms with Gasteiger partial charge in [0.2, 0.25) is 0 Å². The summed E-state index contributed by atoms with van der Waals surface area (Å²) in [6.45, 7) is 4.42. The first kappa shape index (κ1) is 40.9. The third kappa shape index (κ3) is 33.4. The van der Waals surface area contributed by atoms with Crippen LogP contribution in [-0.2, 0) is 14.3 Å². The van der Waals surface area contributed by atoms with E-state index in [-0.39, 0.29) is 12.1 Å². The largest absolute Gasteiger partial charge is 0.481 e. The first-order valence-corrected chi connectivity index (χ1v) is 19.0. The fourth-order valence-electron chi connectivity index (χ4n) is 6.00. The summed E-state index contributed by atoms with van der Waals surface area (Å²) in [6, 6.07) is 0. The first-order valence-electron chi connectivity index (χ1n) is 19.0. The predicted molar refractivity (Wildman–Crippen MR) is 181 cm³/mol. The molecule has 0 saturated carbocycles. The second kappa shape index (κ2) is 34.4. The highest BCUT2D eigenvalue weighted by atomic mass is 16.5. The normalized spacial score (nSPS) is 12.0. The lowest BCUT2D eigenvalue weighted by molar-refractivity contribution is -0.149. The summed E-state index contributed by atoms with van der Waals surface area (Å²) >= 11 is 0. The summed E-state index contributed by atoms with van der Waals surface area (Å²) in [5.41, 5.74) is 0. The van der Waals surface area contributed by atoms with Crippen LogP contribution in [-0.4, -0.2) is 23.1 Å². The van der Waals surface area contributed by atoms with Crippen LogP contribution in [0.5, 0.6) is 0 Å². The molecule has 0 aliphatic carbocycles. The summed E-state index contributed by atoms with van der Waals surface area (Å²) in [6.07, 6.45) is 40.7. The number of hydrogen-bond acceptors (Lipinski definition) is 3. The number of carbonyl (C=O) groups is 2. The van der Waals surface area contributed by atoms with Crippen LogP contribution >= 0.6 is 0 Å². The number of carboxylic acids is 1. The molecule has 0 aromatic heterocycles. The quantitative estimate of drug-likeness (QED) is 0.0585. The molecule has 4 nitrogen and oxygen atoms in total. The highest BCUT2D eigenvalue weighted by Crippen LogP contribution is 2.17. The van der Waals surface area contributed by atoms with Crippen molar-refractivity contribution in [2.24, 2.45) is 0 Å². The van der Waals surface area contributed by atoms with Crippen molar-refractivity contribution in [1.82, 2.24) is 0 Å². The number of carboxylic acid groups (broad SMARTS) is 1. The van der Waals surface area contributed by atoms with Gasteiger partial charge in [0.25, 0.3) is 0 Å². The Morgan fingerprint density at radius 2 is 0.762 bits per heavy atom. The Balaban J connectivity index is 3.36. The van der Waals surface area contributed by atoms with Crippen LogP contribution in [0.15, 0.2) is 0 Å². The lowest BCUT2D eigenvalue weighted by Crippen LogP contribution is -2.17. The zero-order chi connectivity index (χ0) is 30.8. The van der Waals surface area contributed by atoms with Crippen LogP contribution in [0.4, 0.5) is 0 Å². The van der Waals surface area contributed by atoms with E-state index in [1.807, 2.05) is 0 Å². The lowest BCUT2D eigenvalue weighted by atomic mass is 10.0. The van der Waals surface area contributed by atoms with Crippen molar-refractivity contribution in [2.45, 2.75) is 232 Å². The van der Waals surface area contributed by atoms with Crippen LogP contribution in [0, 0.1) is 0 Å². The van der Waals surface area contributed by atoms with Gasteiger partial charge >= 0.3 is 11.9 Å². The molecule has 0 aromatic rings. The zero-order valence-corrected chi connectivity index (χ0v) is 28.6. The maximum atomic E-state index is 12.3. The molecule has 1 N–H and O–H groups in total. The summed E-state index contributed by atoms with van der Waals surface area (Å²) < 4.78 is 5.78. The Morgan fingerprint density at radius 1 is 0.452 bits per heavy atom. The van der Waals surface area contributed by atoms with Gasteiger partial charge in [0, 0.05) is 12.8 Å². The molecule has 0 rings (SSSR count). The van der Waals surface area contributed by atoms with Gasteiger partial charge in [0.1, 0.15) is 6.10 Å². The van der Waals surface area contributed by atoms with Gasteiger partial charge in [-0.25, -0.2) is 0 Å². The Morgan fingerprint density at radius 3 is 1.10 bits per heavy atom. The predicted octanol–water partition coefficient (Wildman–Crippen LogP) is 12.9. The second-order valence-corrected chi connectivity index (χ2v) is 13.1. The summed E-state index contributed by atoms with van der Waals surface area (Å²) in [5.74, 6) is -0.633. The van der Waals surface area contributed by atoms with E-state index in [4.69, 9.17) is 9.84 Å². The molecule has 0 saturated heterocycles. The summed E-state index contributed by atoms with van der Waals surface area (Å²) in [7, 11) is 0. The average Bonchev–Trinajstić information content (AvgIpc) is 2.98. The van der Waals surface area contributed by atoms with E-state index in [9.17, 15) is 9.59 Å². The molecule has 0 spiro atoms. The fourth-order valence-corrected chi connectivity index (χ4v) is 6.00. The van der Waals surface area contributed by atoms with E-state index in [1.165, 1.54) is 167 Å². The van der Waals surface area contributed by atoms with Crippen LogP contribution in [0.3, 0.4) is 0 Å². The summed E-state index contributed by atoms with van der Waals surface area (Å²) in [5, 5.41) is 8.64. The number of ether oxygens (including phenoxy) is 1. The second-order valence-electron chi connectivity index (χ2n) is 13.1. The third-order valence-corrected chi connectivity index (χ3v) is 8.90. The zero-order valence-electron chi connectivity index (χ0n) is 28.6. The van der Waals surface area contributed by atoms with E-state index >= 15 is 0 Å². The highest BCUT2D eigenvalue weighted by molar-refractivity contribution is 5.69. The van der Waals surface area contributed by atoms with E-state index in [0.29, 0.717) is 12.8 Å². The van der Waals surface area contributed by atoms with Gasteiger partial charge in [0.05, 0.1) is 0 Å². The molecule has 0 bridgehead atoms. The van der Waals surface area contributed by atoms with Crippen molar-refractivity contribution in [2.75, 3.05) is 0 Å². The minimum Gasteiger partial charge on any atom is -0.481 e. The molecule has 0 fully saturated rings. The van der Waals surface area contributed by atoms with E-state index in [1.54, 1.807) is 0 Å². The van der Waals surface area contributed by atoms with Gasteiger partial charge in [-0.15, -0.1) is 0 Å². The Labute approximate surface area is 262 Å². The number of carbonyl (C=O) groups excluding carboxylic acids is 1. The van der Waals surface area contributed by atoms with E-state index in [2.05, 4.69) is 13.8 Å². The summed E-state index contributed by atoms with van der Waals surface area (Å²) in [4.78, 5) is 22.7. The smallest absolute Gasteiger partial charge is 0.306 e. The Bertz CT molecular complexity index is 561. The molecule has 250 valence electrons.